The van der Waals surface area contributed by atoms with Crippen LogP contribution in [0.2, 0.25) is 0 Å². The lowest BCUT2D eigenvalue weighted by Crippen LogP contribution is -2.36. The first kappa shape index (κ1) is 17.7. The third-order valence-corrected chi connectivity index (χ3v) is 5.34. The van der Waals surface area contributed by atoms with E-state index in [0.717, 1.165) is 18.7 Å². The van der Waals surface area contributed by atoms with E-state index in [1.54, 1.807) is 0 Å². The lowest BCUT2D eigenvalue weighted by Gasteiger charge is -2.33. The van der Waals surface area contributed by atoms with Gasteiger partial charge in [0.15, 0.2) is 5.16 Å². The Morgan fingerprint density at radius 1 is 1.36 bits per heavy atom. The molecule has 6 heteroatoms. The zero-order valence-corrected chi connectivity index (χ0v) is 15.4. The number of H-pyrrole nitrogens is 1. The number of benzene rings is 1. The summed E-state index contributed by atoms with van der Waals surface area (Å²) in [4.78, 5) is 21.6. The normalized spacial score (nSPS) is 18.0. The molecule has 3 rings (SSSR count). The fourth-order valence-corrected chi connectivity index (χ4v) is 3.63. The summed E-state index contributed by atoms with van der Waals surface area (Å²) in [5.74, 6) is 0. The molecule has 2 aromatic rings. The highest BCUT2D eigenvalue weighted by Crippen LogP contribution is 2.23. The largest absolute Gasteiger partial charge is 0.300 e. The Balaban J connectivity index is 1.87. The van der Waals surface area contributed by atoms with Crippen molar-refractivity contribution in [2.45, 2.75) is 43.9 Å². The summed E-state index contributed by atoms with van der Waals surface area (Å²) in [6.07, 6.45) is 5.69. The van der Waals surface area contributed by atoms with Gasteiger partial charge in [0.05, 0.1) is 5.69 Å². The minimum atomic E-state index is -0.386. The number of nitrogens with zero attached hydrogens (tertiary/aromatic N) is 3. The maximum Gasteiger partial charge on any atom is 0.270 e. The van der Waals surface area contributed by atoms with Gasteiger partial charge in [-0.1, -0.05) is 42.4 Å². The maximum atomic E-state index is 12.1. The molecule has 0 aliphatic carbocycles. The lowest BCUT2D eigenvalue weighted by atomic mass is 10.0. The van der Waals surface area contributed by atoms with Crippen molar-refractivity contribution in [2.75, 3.05) is 12.8 Å². The molecule has 1 N–H and O–H groups in total. The molecule has 1 unspecified atom stereocenters. The zero-order valence-electron chi connectivity index (χ0n) is 14.6. The summed E-state index contributed by atoms with van der Waals surface area (Å²) in [5, 5.41) is 9.82. The van der Waals surface area contributed by atoms with E-state index in [9.17, 15) is 10.1 Å². The van der Waals surface area contributed by atoms with E-state index in [2.05, 4.69) is 33.9 Å². The van der Waals surface area contributed by atoms with Gasteiger partial charge in [-0.05, 0) is 38.1 Å². The number of hydrogen-bond donors (Lipinski definition) is 1. The Bertz CT molecular complexity index is 838. The average Bonchev–Trinajstić information content (AvgIpc) is 2.63. The predicted octanol–water partition coefficient (Wildman–Crippen LogP) is 3.40. The Morgan fingerprint density at radius 3 is 2.76 bits per heavy atom. The predicted molar refractivity (Wildman–Crippen MR) is 101 cm³/mol. The average molecular weight is 354 g/mol. The summed E-state index contributed by atoms with van der Waals surface area (Å²) in [6.45, 7) is 4.37. The summed E-state index contributed by atoms with van der Waals surface area (Å²) < 4.78 is 0. The van der Waals surface area contributed by atoms with Crippen LogP contribution in [0.1, 0.15) is 37.3 Å². The van der Waals surface area contributed by atoms with Crippen molar-refractivity contribution >= 4 is 11.8 Å². The van der Waals surface area contributed by atoms with E-state index in [1.165, 1.54) is 36.6 Å². The third-order valence-electron chi connectivity index (χ3n) is 4.76. The van der Waals surface area contributed by atoms with Crippen molar-refractivity contribution in [3.05, 3.63) is 45.7 Å². The third kappa shape index (κ3) is 3.94. The van der Waals surface area contributed by atoms with Gasteiger partial charge in [-0.25, -0.2) is 4.98 Å². The molecule has 0 radical (unpaired) electrons. The minimum absolute atomic E-state index is 0.0650. The second kappa shape index (κ2) is 7.85. The number of piperidine rings is 1. The van der Waals surface area contributed by atoms with Crippen molar-refractivity contribution in [3.8, 4) is 17.3 Å². The summed E-state index contributed by atoms with van der Waals surface area (Å²) in [6, 6.07) is 10.6. The van der Waals surface area contributed by atoms with E-state index in [-0.39, 0.29) is 11.1 Å². The molecule has 1 aliphatic heterocycles. The molecule has 1 aromatic heterocycles. The van der Waals surface area contributed by atoms with E-state index >= 15 is 0 Å². The first-order chi connectivity index (χ1) is 12.1. The SMILES string of the molecule is CSc1nc(-c2ccc(CN3CCCCC3C)cc2)c(C#N)c(=O)[nH]1. The van der Waals surface area contributed by atoms with E-state index in [0.29, 0.717) is 16.9 Å². The van der Waals surface area contributed by atoms with Crippen molar-refractivity contribution in [1.29, 1.82) is 5.26 Å². The molecule has 2 heterocycles. The van der Waals surface area contributed by atoms with Gasteiger partial charge < -0.3 is 4.98 Å². The number of aromatic nitrogens is 2. The van der Waals surface area contributed by atoms with Crippen molar-refractivity contribution in [3.63, 3.8) is 0 Å². The van der Waals surface area contributed by atoms with Gasteiger partial charge in [-0.2, -0.15) is 5.26 Å². The Kier molecular flexibility index (Phi) is 5.57. The van der Waals surface area contributed by atoms with Gasteiger partial charge in [-0.15, -0.1) is 0 Å². The monoisotopic (exact) mass is 354 g/mol. The Hall–Kier alpha value is -2.10. The smallest absolute Gasteiger partial charge is 0.270 e. The first-order valence-corrected chi connectivity index (χ1v) is 9.76. The molecule has 25 heavy (non-hydrogen) atoms. The van der Waals surface area contributed by atoms with Crippen LogP contribution in [0.4, 0.5) is 0 Å². The highest BCUT2D eigenvalue weighted by molar-refractivity contribution is 7.98. The van der Waals surface area contributed by atoms with Gasteiger partial charge >= 0.3 is 0 Å². The molecule has 1 saturated heterocycles. The first-order valence-electron chi connectivity index (χ1n) is 8.54. The van der Waals surface area contributed by atoms with Crippen LogP contribution in [0.5, 0.6) is 0 Å². The second-order valence-corrected chi connectivity index (χ2v) is 7.22. The van der Waals surface area contributed by atoms with Crippen LogP contribution in [-0.4, -0.2) is 33.7 Å². The quantitative estimate of drug-likeness (QED) is 0.673. The molecule has 1 atom stereocenters. The molecular formula is C19H22N4OS. The van der Waals surface area contributed by atoms with Gasteiger partial charge in [-0.3, -0.25) is 9.69 Å². The van der Waals surface area contributed by atoms with Crippen LogP contribution >= 0.6 is 11.8 Å². The fraction of sp³-hybridized carbons (Fsp3) is 0.421. The standard InChI is InChI=1S/C19H22N4OS/c1-13-5-3-4-10-23(13)12-14-6-8-15(9-7-14)17-16(11-20)18(24)22-19(21-17)25-2/h6-9,13H,3-5,10,12H2,1-2H3,(H,21,22,24). The molecule has 0 spiro atoms. The van der Waals surface area contributed by atoms with Gasteiger partial charge in [0.1, 0.15) is 11.6 Å². The number of aromatic amines is 1. The van der Waals surface area contributed by atoms with Crippen molar-refractivity contribution < 1.29 is 0 Å². The van der Waals surface area contributed by atoms with Gasteiger partial charge in [0.25, 0.3) is 5.56 Å². The molecule has 0 saturated carbocycles. The van der Waals surface area contributed by atoms with Crippen LogP contribution in [0.25, 0.3) is 11.3 Å². The number of nitrogens with one attached hydrogen (secondary N) is 1. The number of hydrogen-bond acceptors (Lipinski definition) is 5. The second-order valence-electron chi connectivity index (χ2n) is 6.42. The molecule has 1 aliphatic rings. The fourth-order valence-electron chi connectivity index (χ4n) is 3.26. The van der Waals surface area contributed by atoms with Crippen LogP contribution in [0.15, 0.2) is 34.2 Å². The highest BCUT2D eigenvalue weighted by atomic mass is 32.2. The van der Waals surface area contributed by atoms with Crippen LogP contribution in [0, 0.1) is 11.3 Å². The molecule has 1 aromatic carbocycles. The summed E-state index contributed by atoms with van der Waals surface area (Å²) in [5.41, 5.74) is 2.17. The zero-order chi connectivity index (χ0) is 17.8. The number of likely N-dealkylation sites (tertiary alicyclic amines) is 1. The van der Waals surface area contributed by atoms with Crippen molar-refractivity contribution in [1.82, 2.24) is 14.9 Å². The Morgan fingerprint density at radius 2 is 2.12 bits per heavy atom. The topological polar surface area (TPSA) is 72.8 Å². The van der Waals surface area contributed by atoms with Crippen LogP contribution < -0.4 is 5.56 Å². The van der Waals surface area contributed by atoms with Crippen molar-refractivity contribution in [2.24, 2.45) is 0 Å². The Labute approximate surface area is 152 Å². The van der Waals surface area contributed by atoms with E-state index in [1.807, 2.05) is 24.5 Å². The molecule has 130 valence electrons. The van der Waals surface area contributed by atoms with E-state index in [4.69, 9.17) is 0 Å². The van der Waals surface area contributed by atoms with Gasteiger partial charge in [0, 0.05) is 18.2 Å². The molecule has 1 fully saturated rings. The maximum absolute atomic E-state index is 12.1. The summed E-state index contributed by atoms with van der Waals surface area (Å²) >= 11 is 1.35. The number of nitriles is 1. The molecule has 0 bridgehead atoms. The van der Waals surface area contributed by atoms with Gasteiger partial charge in [0.2, 0.25) is 0 Å². The summed E-state index contributed by atoms with van der Waals surface area (Å²) in [7, 11) is 0. The van der Waals surface area contributed by atoms with E-state index < -0.39 is 0 Å². The highest BCUT2D eigenvalue weighted by Gasteiger charge is 2.18. The number of thioether (sulfide) groups is 1. The molecule has 0 amide bonds. The van der Waals surface area contributed by atoms with Crippen LogP contribution in [0.3, 0.4) is 0 Å². The molecule has 5 nitrogen and oxygen atoms in total. The lowest BCUT2D eigenvalue weighted by molar-refractivity contribution is 0.152. The number of rotatable bonds is 4. The molecular weight excluding hydrogens is 332 g/mol. The minimum Gasteiger partial charge on any atom is -0.300 e. The van der Waals surface area contributed by atoms with Crippen LogP contribution in [-0.2, 0) is 6.54 Å².